The average molecular weight is 801 g/mol. The van der Waals surface area contributed by atoms with Crippen LogP contribution in [0.3, 0.4) is 0 Å². The molecule has 2 aromatic carbocycles. The van der Waals surface area contributed by atoms with Gasteiger partial charge in [0.25, 0.3) is 0 Å². The first kappa shape index (κ1) is 24.4. The van der Waals surface area contributed by atoms with Gasteiger partial charge in [-0.15, -0.1) is 0 Å². The van der Waals surface area contributed by atoms with E-state index in [2.05, 4.69) is 90.4 Å². The first-order valence-electron chi connectivity index (χ1n) is 6.52. The van der Waals surface area contributed by atoms with E-state index in [0.29, 0.717) is 11.5 Å². The van der Waals surface area contributed by atoms with Gasteiger partial charge < -0.3 is 20.7 Å². The van der Waals surface area contributed by atoms with Crippen LogP contribution >= 0.6 is 90.4 Å². The predicted molar refractivity (Wildman–Crippen MR) is 132 cm³/mol. The van der Waals surface area contributed by atoms with Gasteiger partial charge in [0.2, 0.25) is 0 Å². The van der Waals surface area contributed by atoms with Crippen molar-refractivity contribution >= 4 is 126 Å². The molecule has 0 aromatic heterocycles. The SMILES string of the molecule is NC(Cc1c(I)c(I)c(Oc2ccc(O)cc2)c(I)c1I)C(=O)O.[NaH]. The topological polar surface area (TPSA) is 92.8 Å². The van der Waals surface area contributed by atoms with E-state index in [9.17, 15) is 9.90 Å². The monoisotopic (exact) mass is 801 g/mol. The molecule has 1 atom stereocenters. The van der Waals surface area contributed by atoms with Crippen LogP contribution in [0.15, 0.2) is 24.3 Å². The number of phenols is 1. The summed E-state index contributed by atoms with van der Waals surface area (Å²) in [5.74, 6) is 0.485. The van der Waals surface area contributed by atoms with E-state index in [0.717, 1.165) is 19.8 Å². The van der Waals surface area contributed by atoms with Crippen molar-refractivity contribution in [2.75, 3.05) is 0 Å². The van der Waals surface area contributed by atoms with Gasteiger partial charge in [-0.1, -0.05) is 0 Å². The zero-order valence-electron chi connectivity index (χ0n) is 11.9. The Morgan fingerprint density at radius 1 is 1.04 bits per heavy atom. The summed E-state index contributed by atoms with van der Waals surface area (Å²) in [7, 11) is 0. The third-order valence-electron chi connectivity index (χ3n) is 3.11. The quantitative estimate of drug-likeness (QED) is 0.243. The molecule has 2 rings (SSSR count). The zero-order valence-corrected chi connectivity index (χ0v) is 20.5. The standard InChI is InChI=1S/C15H11I4NO4.Na.H/c16-10-8(5-9(20)15(22)23)11(17)13(19)14(12(10)18)24-7-3-1-6(21)2-4-7;;/h1-4,9,21H,5,20H2,(H,22,23);;. The Labute approximate surface area is 221 Å². The van der Waals surface area contributed by atoms with Gasteiger partial charge in [-0.2, -0.15) is 0 Å². The summed E-state index contributed by atoms with van der Waals surface area (Å²) in [6.45, 7) is 0. The molecule has 25 heavy (non-hydrogen) atoms. The molecule has 1 unspecified atom stereocenters. The average Bonchev–Trinajstić information content (AvgIpc) is 2.55. The Morgan fingerprint density at radius 3 is 1.96 bits per heavy atom. The van der Waals surface area contributed by atoms with Crippen LogP contribution in [0.5, 0.6) is 17.2 Å². The first-order chi connectivity index (χ1) is 11.2. The van der Waals surface area contributed by atoms with Gasteiger partial charge in [-0.3, -0.25) is 4.79 Å². The third kappa shape index (κ3) is 6.19. The summed E-state index contributed by atoms with van der Waals surface area (Å²) in [6.07, 6.45) is 0.261. The normalized spacial score (nSPS) is 11.6. The minimum absolute atomic E-state index is 0. The summed E-state index contributed by atoms with van der Waals surface area (Å²) in [6, 6.07) is 5.56. The second kappa shape index (κ2) is 10.8. The molecule has 0 bridgehead atoms. The molecule has 0 saturated carbocycles. The number of nitrogens with two attached hydrogens (primary N) is 1. The maximum absolute atomic E-state index is 11.1. The van der Waals surface area contributed by atoms with Crippen molar-refractivity contribution in [2.24, 2.45) is 5.73 Å². The van der Waals surface area contributed by atoms with Crippen LogP contribution in [0.25, 0.3) is 0 Å². The first-order valence-corrected chi connectivity index (χ1v) is 10.8. The van der Waals surface area contributed by atoms with Crippen LogP contribution in [-0.4, -0.2) is 51.8 Å². The molecular weight excluding hydrogens is 789 g/mol. The molecule has 0 saturated heterocycles. The number of aliphatic carboxylic acids is 1. The minimum atomic E-state index is -1.02. The van der Waals surface area contributed by atoms with E-state index in [-0.39, 0.29) is 41.7 Å². The van der Waals surface area contributed by atoms with Crippen LogP contribution < -0.4 is 10.5 Å². The van der Waals surface area contributed by atoms with E-state index < -0.39 is 12.0 Å². The Balaban J connectivity index is 0.00000312. The summed E-state index contributed by atoms with van der Waals surface area (Å²) < 4.78 is 9.65. The van der Waals surface area contributed by atoms with Crippen LogP contribution in [-0.2, 0) is 11.2 Å². The number of carboxylic acid groups (broad SMARTS) is 1. The molecule has 0 fully saturated rings. The second-order valence-electron chi connectivity index (χ2n) is 4.81. The molecule has 0 radical (unpaired) electrons. The zero-order chi connectivity index (χ0) is 18.0. The number of benzene rings is 2. The number of phenolic OH excluding ortho intramolecular Hbond substituents is 1. The number of aromatic hydroxyl groups is 1. The van der Waals surface area contributed by atoms with Crippen LogP contribution in [0.4, 0.5) is 0 Å². The van der Waals surface area contributed by atoms with Crippen molar-refractivity contribution in [3.63, 3.8) is 0 Å². The maximum atomic E-state index is 11.1. The molecular formula is C15H12I4NNaO4. The van der Waals surface area contributed by atoms with Crippen molar-refractivity contribution in [3.8, 4) is 17.2 Å². The number of carbonyl (C=O) groups is 1. The van der Waals surface area contributed by atoms with Crippen LogP contribution in [0.2, 0.25) is 0 Å². The fourth-order valence-electron chi connectivity index (χ4n) is 1.87. The molecule has 5 nitrogen and oxygen atoms in total. The van der Waals surface area contributed by atoms with E-state index in [1.165, 1.54) is 0 Å². The summed E-state index contributed by atoms with van der Waals surface area (Å²) in [4.78, 5) is 11.1. The molecule has 0 aliphatic rings. The van der Waals surface area contributed by atoms with Gasteiger partial charge in [0, 0.05) is 13.6 Å². The Kier molecular flexibility index (Phi) is 10.6. The fraction of sp³-hybridized carbons (Fsp3) is 0.133. The molecule has 0 aliphatic heterocycles. The Bertz CT molecular complexity index is 757. The fourth-order valence-corrected chi connectivity index (χ4v) is 5.78. The third-order valence-corrected chi connectivity index (χ3v) is 9.62. The van der Waals surface area contributed by atoms with Gasteiger partial charge in [-0.05, 0) is 120 Å². The second-order valence-corrected chi connectivity index (χ2v) is 9.12. The molecule has 130 valence electrons. The van der Waals surface area contributed by atoms with Crippen molar-refractivity contribution in [1.29, 1.82) is 0 Å². The van der Waals surface area contributed by atoms with Crippen LogP contribution in [0, 0.1) is 14.3 Å². The Morgan fingerprint density at radius 2 is 1.52 bits per heavy atom. The molecule has 0 amide bonds. The van der Waals surface area contributed by atoms with E-state index in [1.54, 1.807) is 24.3 Å². The number of carboxylic acids is 1. The summed E-state index contributed by atoms with van der Waals surface area (Å²) in [5.41, 5.74) is 6.61. The molecule has 4 N–H and O–H groups in total. The van der Waals surface area contributed by atoms with Gasteiger partial charge >= 0.3 is 35.5 Å². The number of halogens is 4. The van der Waals surface area contributed by atoms with E-state index in [4.69, 9.17) is 15.6 Å². The Hall–Kier alpha value is 1.39. The molecule has 0 aliphatic carbocycles. The van der Waals surface area contributed by atoms with Crippen molar-refractivity contribution in [1.82, 2.24) is 0 Å². The number of ether oxygens (including phenoxy) is 1. The van der Waals surface area contributed by atoms with E-state index in [1.807, 2.05) is 0 Å². The van der Waals surface area contributed by atoms with Gasteiger partial charge in [0.15, 0.2) is 5.75 Å². The van der Waals surface area contributed by atoms with Gasteiger partial charge in [-0.25, -0.2) is 0 Å². The van der Waals surface area contributed by atoms with E-state index >= 15 is 0 Å². The molecule has 2 aromatic rings. The van der Waals surface area contributed by atoms with Crippen molar-refractivity contribution in [3.05, 3.63) is 44.1 Å². The summed E-state index contributed by atoms with van der Waals surface area (Å²) >= 11 is 8.77. The number of hydrogen-bond donors (Lipinski definition) is 3. The number of rotatable bonds is 5. The molecule has 10 heteroatoms. The molecule has 0 spiro atoms. The van der Waals surface area contributed by atoms with Gasteiger partial charge in [0.05, 0.1) is 7.14 Å². The van der Waals surface area contributed by atoms with Gasteiger partial charge in [0.1, 0.15) is 17.5 Å². The predicted octanol–water partition coefficient (Wildman–Crippen LogP) is 3.91. The van der Waals surface area contributed by atoms with Crippen molar-refractivity contribution in [2.45, 2.75) is 12.5 Å². The van der Waals surface area contributed by atoms with Crippen LogP contribution in [0.1, 0.15) is 5.56 Å². The summed E-state index contributed by atoms with van der Waals surface area (Å²) in [5, 5.41) is 18.4. The van der Waals surface area contributed by atoms with Crippen molar-refractivity contribution < 1.29 is 19.7 Å². The molecule has 0 heterocycles. The number of hydrogen-bond acceptors (Lipinski definition) is 4.